The topological polar surface area (TPSA) is 49.2 Å². The quantitative estimate of drug-likeness (QED) is 0.790. The maximum absolute atomic E-state index is 8.92. The van der Waals surface area contributed by atoms with Crippen LogP contribution in [0.1, 0.15) is 5.69 Å². The third-order valence-electron chi connectivity index (χ3n) is 2.33. The molecule has 0 saturated carbocycles. The van der Waals surface area contributed by atoms with Crippen LogP contribution in [0.15, 0.2) is 12.3 Å². The maximum atomic E-state index is 8.92. The van der Waals surface area contributed by atoms with Crippen molar-refractivity contribution in [3.63, 3.8) is 0 Å². The number of nitrogens with zero attached hydrogens (tertiary/aromatic N) is 3. The summed E-state index contributed by atoms with van der Waals surface area (Å²) in [7, 11) is 0. The van der Waals surface area contributed by atoms with Crippen LogP contribution in [0, 0.1) is 0 Å². The van der Waals surface area contributed by atoms with E-state index >= 15 is 0 Å². The lowest BCUT2D eigenvalue weighted by Gasteiger charge is -2.38. The molecule has 0 spiro atoms. The van der Waals surface area contributed by atoms with E-state index in [9.17, 15) is 0 Å². The van der Waals surface area contributed by atoms with Gasteiger partial charge in [0.05, 0.1) is 12.3 Å². The minimum absolute atomic E-state index is 0.0185. The normalized spacial score (nSPS) is 16.9. The Kier molecular flexibility index (Phi) is 2.88. The van der Waals surface area contributed by atoms with Gasteiger partial charge in [-0.25, -0.2) is 9.97 Å². The summed E-state index contributed by atoms with van der Waals surface area (Å²) < 4.78 is 0. The molecule has 1 aliphatic rings. The van der Waals surface area contributed by atoms with Crippen LogP contribution in [0.5, 0.6) is 0 Å². The minimum atomic E-state index is -0.0185. The predicted octanol–water partition coefficient (Wildman–Crippen LogP) is 0.520. The number of thioether (sulfide) groups is 1. The molecule has 0 radical (unpaired) electrons. The fourth-order valence-electron chi connectivity index (χ4n) is 1.38. The molecule has 1 N–H and O–H groups in total. The van der Waals surface area contributed by atoms with Gasteiger partial charge in [-0.2, -0.15) is 11.8 Å². The molecule has 2 heterocycles. The second-order valence-electron chi connectivity index (χ2n) is 3.27. The number of rotatable bonds is 3. The SMILES string of the molecule is CSC1CN(c2nccc(CO)n2)C1. The number of aliphatic hydroxyl groups is 1. The lowest BCUT2D eigenvalue weighted by Crippen LogP contribution is -2.49. The molecule has 14 heavy (non-hydrogen) atoms. The lowest BCUT2D eigenvalue weighted by molar-refractivity contribution is 0.276. The van der Waals surface area contributed by atoms with E-state index in [-0.39, 0.29) is 6.61 Å². The molecule has 4 nitrogen and oxygen atoms in total. The molecular formula is C9H13N3OS. The van der Waals surface area contributed by atoms with Gasteiger partial charge in [0.2, 0.25) is 5.95 Å². The van der Waals surface area contributed by atoms with E-state index in [0.717, 1.165) is 19.0 Å². The molecule has 0 aromatic carbocycles. The van der Waals surface area contributed by atoms with Gasteiger partial charge in [0.15, 0.2) is 0 Å². The van der Waals surface area contributed by atoms with Crippen molar-refractivity contribution in [1.82, 2.24) is 9.97 Å². The average Bonchev–Trinajstić information content (AvgIpc) is 2.17. The first-order valence-corrected chi connectivity index (χ1v) is 5.83. The van der Waals surface area contributed by atoms with Crippen LogP contribution in [0.3, 0.4) is 0 Å². The van der Waals surface area contributed by atoms with Gasteiger partial charge in [-0.05, 0) is 12.3 Å². The van der Waals surface area contributed by atoms with E-state index in [1.807, 2.05) is 11.8 Å². The second-order valence-corrected chi connectivity index (χ2v) is 4.41. The Labute approximate surface area is 87.4 Å². The fraction of sp³-hybridized carbons (Fsp3) is 0.556. The van der Waals surface area contributed by atoms with Crippen molar-refractivity contribution >= 4 is 17.7 Å². The summed E-state index contributed by atoms with van der Waals surface area (Å²) in [5, 5.41) is 9.62. The first kappa shape index (κ1) is 9.73. The molecule has 0 bridgehead atoms. The van der Waals surface area contributed by atoms with Crippen LogP contribution in [0.25, 0.3) is 0 Å². The molecule has 0 amide bonds. The van der Waals surface area contributed by atoms with Crippen molar-refractivity contribution in [1.29, 1.82) is 0 Å². The Bertz CT molecular complexity index is 315. The molecule has 1 aromatic rings. The highest BCUT2D eigenvalue weighted by atomic mass is 32.2. The second kappa shape index (κ2) is 4.14. The smallest absolute Gasteiger partial charge is 0.225 e. The largest absolute Gasteiger partial charge is 0.390 e. The van der Waals surface area contributed by atoms with Gasteiger partial charge < -0.3 is 10.0 Å². The van der Waals surface area contributed by atoms with E-state index in [2.05, 4.69) is 21.1 Å². The van der Waals surface area contributed by atoms with Crippen LogP contribution in [0.2, 0.25) is 0 Å². The van der Waals surface area contributed by atoms with Crippen LogP contribution >= 0.6 is 11.8 Å². The molecule has 1 fully saturated rings. The maximum Gasteiger partial charge on any atom is 0.225 e. The summed E-state index contributed by atoms with van der Waals surface area (Å²) in [4.78, 5) is 10.5. The van der Waals surface area contributed by atoms with E-state index in [1.54, 1.807) is 12.3 Å². The van der Waals surface area contributed by atoms with E-state index < -0.39 is 0 Å². The minimum Gasteiger partial charge on any atom is -0.390 e. The van der Waals surface area contributed by atoms with Gasteiger partial charge in [0.25, 0.3) is 0 Å². The first-order chi connectivity index (χ1) is 6.83. The van der Waals surface area contributed by atoms with Crippen LogP contribution < -0.4 is 4.90 Å². The summed E-state index contributed by atoms with van der Waals surface area (Å²) in [6.07, 6.45) is 3.81. The Hall–Kier alpha value is -0.810. The summed E-state index contributed by atoms with van der Waals surface area (Å²) in [6, 6.07) is 1.73. The van der Waals surface area contributed by atoms with Gasteiger partial charge in [0, 0.05) is 24.5 Å². The summed E-state index contributed by atoms with van der Waals surface area (Å²) in [5.74, 6) is 0.738. The third kappa shape index (κ3) is 1.83. The van der Waals surface area contributed by atoms with Gasteiger partial charge in [-0.3, -0.25) is 0 Å². The summed E-state index contributed by atoms with van der Waals surface area (Å²) in [5.41, 5.74) is 0.683. The molecule has 1 aromatic heterocycles. The molecule has 1 saturated heterocycles. The number of aromatic nitrogens is 2. The molecule has 2 rings (SSSR count). The Morgan fingerprint density at radius 3 is 3.07 bits per heavy atom. The van der Waals surface area contributed by atoms with Crippen LogP contribution in [-0.4, -0.2) is 39.7 Å². The number of anilines is 1. The molecule has 5 heteroatoms. The van der Waals surface area contributed by atoms with E-state index in [4.69, 9.17) is 5.11 Å². The standard InChI is InChI=1S/C9H13N3OS/c1-14-8-4-12(5-8)9-10-3-2-7(6-13)11-9/h2-3,8,13H,4-6H2,1H3. The summed E-state index contributed by atoms with van der Waals surface area (Å²) in [6.45, 7) is 2.00. The molecule has 0 aliphatic carbocycles. The van der Waals surface area contributed by atoms with E-state index in [1.165, 1.54) is 0 Å². The van der Waals surface area contributed by atoms with Gasteiger partial charge in [-0.15, -0.1) is 0 Å². The zero-order valence-corrected chi connectivity index (χ0v) is 8.87. The molecule has 76 valence electrons. The van der Waals surface area contributed by atoms with Crippen molar-refractivity contribution in [2.75, 3.05) is 24.2 Å². The van der Waals surface area contributed by atoms with Crippen LogP contribution in [-0.2, 0) is 6.61 Å². The van der Waals surface area contributed by atoms with Gasteiger partial charge >= 0.3 is 0 Å². The lowest BCUT2D eigenvalue weighted by atomic mass is 10.2. The number of aliphatic hydroxyl groups excluding tert-OH is 1. The van der Waals surface area contributed by atoms with E-state index in [0.29, 0.717) is 10.9 Å². The molecule has 0 unspecified atom stereocenters. The highest BCUT2D eigenvalue weighted by Crippen LogP contribution is 2.23. The highest BCUT2D eigenvalue weighted by Gasteiger charge is 2.27. The monoisotopic (exact) mass is 211 g/mol. The Morgan fingerprint density at radius 2 is 2.43 bits per heavy atom. The fourth-order valence-corrected chi connectivity index (χ4v) is 2.03. The zero-order chi connectivity index (χ0) is 9.97. The molecule has 1 aliphatic heterocycles. The number of hydrogen-bond acceptors (Lipinski definition) is 5. The molecule has 0 atom stereocenters. The third-order valence-corrected chi connectivity index (χ3v) is 3.29. The predicted molar refractivity (Wildman–Crippen MR) is 57.5 cm³/mol. The Balaban J connectivity index is 2.03. The van der Waals surface area contributed by atoms with Crippen LogP contribution in [0.4, 0.5) is 5.95 Å². The van der Waals surface area contributed by atoms with Crippen molar-refractivity contribution < 1.29 is 5.11 Å². The zero-order valence-electron chi connectivity index (χ0n) is 8.05. The average molecular weight is 211 g/mol. The summed E-state index contributed by atoms with van der Waals surface area (Å²) >= 11 is 1.87. The highest BCUT2D eigenvalue weighted by molar-refractivity contribution is 7.99. The number of hydrogen-bond donors (Lipinski definition) is 1. The van der Waals surface area contributed by atoms with Gasteiger partial charge in [0.1, 0.15) is 0 Å². The molecular weight excluding hydrogens is 198 g/mol. The van der Waals surface area contributed by atoms with Crippen molar-refractivity contribution in [3.05, 3.63) is 18.0 Å². The van der Waals surface area contributed by atoms with Gasteiger partial charge in [-0.1, -0.05) is 0 Å². The van der Waals surface area contributed by atoms with Crippen molar-refractivity contribution in [2.24, 2.45) is 0 Å². The Morgan fingerprint density at radius 1 is 1.64 bits per heavy atom. The van der Waals surface area contributed by atoms with Crippen molar-refractivity contribution in [2.45, 2.75) is 11.9 Å². The first-order valence-electron chi connectivity index (χ1n) is 4.54. The van der Waals surface area contributed by atoms with Crippen molar-refractivity contribution in [3.8, 4) is 0 Å².